The lowest BCUT2D eigenvalue weighted by Gasteiger charge is -1.91. The summed E-state index contributed by atoms with van der Waals surface area (Å²) in [5.41, 5.74) is 10.2. The SMILES string of the molecule is NC(=O)c1ccc(N)nn1. The van der Waals surface area contributed by atoms with Crippen LogP contribution in [0.15, 0.2) is 12.1 Å². The molecule has 0 atom stereocenters. The predicted molar refractivity (Wildman–Crippen MR) is 35.0 cm³/mol. The van der Waals surface area contributed by atoms with Gasteiger partial charge in [0.2, 0.25) is 0 Å². The maximum absolute atomic E-state index is 10.4. The van der Waals surface area contributed by atoms with Crippen LogP contribution in [0, 0.1) is 0 Å². The second kappa shape index (κ2) is 2.30. The maximum atomic E-state index is 10.4. The van der Waals surface area contributed by atoms with Gasteiger partial charge < -0.3 is 11.5 Å². The van der Waals surface area contributed by atoms with E-state index in [-0.39, 0.29) is 11.5 Å². The van der Waals surface area contributed by atoms with E-state index in [1.54, 1.807) is 0 Å². The normalized spacial score (nSPS) is 9.20. The van der Waals surface area contributed by atoms with Crippen LogP contribution >= 0.6 is 0 Å². The van der Waals surface area contributed by atoms with Crippen molar-refractivity contribution in [3.63, 3.8) is 0 Å². The maximum Gasteiger partial charge on any atom is 0.269 e. The van der Waals surface area contributed by atoms with Crippen LogP contribution in [0.2, 0.25) is 0 Å². The number of carbonyl (C=O) groups excluding carboxylic acids is 1. The van der Waals surface area contributed by atoms with Gasteiger partial charge in [-0.2, -0.15) is 0 Å². The molecule has 0 aliphatic carbocycles. The summed E-state index contributed by atoms with van der Waals surface area (Å²) in [6.45, 7) is 0. The first-order valence-corrected chi connectivity index (χ1v) is 2.59. The Hall–Kier alpha value is -1.65. The van der Waals surface area contributed by atoms with Gasteiger partial charge in [0, 0.05) is 0 Å². The summed E-state index contributed by atoms with van der Waals surface area (Å²) in [5, 5.41) is 6.86. The summed E-state index contributed by atoms with van der Waals surface area (Å²) in [5.74, 6) is -0.336. The Balaban J connectivity index is 3.00. The fourth-order valence-corrected chi connectivity index (χ4v) is 0.474. The number of hydrogen-bond acceptors (Lipinski definition) is 4. The van der Waals surface area contributed by atoms with E-state index in [0.717, 1.165) is 0 Å². The number of anilines is 1. The number of hydrogen-bond donors (Lipinski definition) is 2. The van der Waals surface area contributed by atoms with Gasteiger partial charge in [0.1, 0.15) is 5.82 Å². The van der Waals surface area contributed by atoms with Crippen LogP contribution in [0.5, 0.6) is 0 Å². The van der Waals surface area contributed by atoms with Crippen LogP contribution in [0.3, 0.4) is 0 Å². The van der Waals surface area contributed by atoms with Crippen molar-refractivity contribution >= 4 is 11.7 Å². The van der Waals surface area contributed by atoms with Crippen LogP contribution in [-0.4, -0.2) is 16.1 Å². The second-order valence-electron chi connectivity index (χ2n) is 1.71. The van der Waals surface area contributed by atoms with Gasteiger partial charge in [-0.05, 0) is 12.1 Å². The summed E-state index contributed by atoms with van der Waals surface area (Å²) < 4.78 is 0. The minimum absolute atomic E-state index is 0.120. The lowest BCUT2D eigenvalue weighted by Crippen LogP contribution is -2.13. The highest BCUT2D eigenvalue weighted by Gasteiger charge is 1.99. The minimum atomic E-state index is -0.604. The van der Waals surface area contributed by atoms with E-state index in [1.807, 2.05) is 0 Å². The average molecular weight is 138 g/mol. The van der Waals surface area contributed by atoms with Crippen LogP contribution in [0.1, 0.15) is 10.5 Å². The van der Waals surface area contributed by atoms with E-state index in [0.29, 0.717) is 0 Å². The lowest BCUT2D eigenvalue weighted by atomic mass is 10.4. The molecule has 0 spiro atoms. The van der Waals surface area contributed by atoms with Crippen molar-refractivity contribution in [3.8, 4) is 0 Å². The van der Waals surface area contributed by atoms with E-state index < -0.39 is 5.91 Å². The molecule has 52 valence electrons. The molecule has 1 rings (SSSR count). The summed E-state index contributed by atoms with van der Waals surface area (Å²) in [6.07, 6.45) is 0. The molecular weight excluding hydrogens is 132 g/mol. The molecular formula is C5H6N4O. The molecule has 5 nitrogen and oxygen atoms in total. The van der Waals surface area contributed by atoms with Gasteiger partial charge in [-0.25, -0.2) is 0 Å². The topological polar surface area (TPSA) is 94.9 Å². The highest BCUT2D eigenvalue weighted by molar-refractivity contribution is 5.90. The molecule has 0 unspecified atom stereocenters. The molecule has 1 heterocycles. The third kappa shape index (κ3) is 1.19. The third-order valence-electron chi connectivity index (χ3n) is 0.938. The Bertz CT molecular complexity index is 242. The number of primary amides is 1. The molecule has 0 radical (unpaired) electrons. The quantitative estimate of drug-likeness (QED) is 0.528. The summed E-state index contributed by atoms with van der Waals surface area (Å²) in [6, 6.07) is 2.89. The molecule has 1 amide bonds. The number of amides is 1. The molecule has 0 fully saturated rings. The number of nitrogens with zero attached hydrogens (tertiary/aromatic N) is 2. The van der Waals surface area contributed by atoms with Crippen LogP contribution in [-0.2, 0) is 0 Å². The molecule has 4 N–H and O–H groups in total. The number of nitrogens with two attached hydrogens (primary N) is 2. The highest BCUT2D eigenvalue weighted by atomic mass is 16.1. The molecule has 0 bridgehead atoms. The first-order valence-electron chi connectivity index (χ1n) is 2.59. The van der Waals surface area contributed by atoms with Gasteiger partial charge in [-0.15, -0.1) is 10.2 Å². The standard InChI is InChI=1S/C5H6N4O/c6-4-2-1-3(5(7)10)8-9-4/h1-2H,(H2,6,9)(H2,7,10). The van der Waals surface area contributed by atoms with Gasteiger partial charge in [0.05, 0.1) is 0 Å². The van der Waals surface area contributed by atoms with Crippen LogP contribution in [0.4, 0.5) is 5.82 Å². The van der Waals surface area contributed by atoms with Crippen molar-refractivity contribution in [2.75, 3.05) is 5.73 Å². The average Bonchev–Trinajstić information content (AvgIpc) is 1.88. The summed E-state index contributed by atoms with van der Waals surface area (Å²) in [4.78, 5) is 10.4. The molecule has 0 aromatic carbocycles. The molecule has 1 aromatic heterocycles. The van der Waals surface area contributed by atoms with Gasteiger partial charge >= 0.3 is 0 Å². The highest BCUT2D eigenvalue weighted by Crippen LogP contribution is 1.94. The van der Waals surface area contributed by atoms with Crippen molar-refractivity contribution < 1.29 is 4.79 Å². The van der Waals surface area contributed by atoms with E-state index >= 15 is 0 Å². The lowest BCUT2D eigenvalue weighted by molar-refractivity contribution is 0.0994. The smallest absolute Gasteiger partial charge is 0.269 e. The summed E-state index contributed by atoms with van der Waals surface area (Å²) >= 11 is 0. The van der Waals surface area contributed by atoms with Crippen molar-refractivity contribution in [1.29, 1.82) is 0 Å². The summed E-state index contributed by atoms with van der Waals surface area (Å²) in [7, 11) is 0. The van der Waals surface area contributed by atoms with Crippen molar-refractivity contribution in [1.82, 2.24) is 10.2 Å². The first kappa shape index (κ1) is 6.47. The number of aromatic nitrogens is 2. The Morgan fingerprint density at radius 2 is 2.10 bits per heavy atom. The van der Waals surface area contributed by atoms with Crippen molar-refractivity contribution in [2.24, 2.45) is 5.73 Å². The largest absolute Gasteiger partial charge is 0.382 e. The second-order valence-corrected chi connectivity index (χ2v) is 1.71. The van der Waals surface area contributed by atoms with Crippen LogP contribution in [0.25, 0.3) is 0 Å². The van der Waals surface area contributed by atoms with Gasteiger partial charge in [0.15, 0.2) is 5.69 Å². The molecule has 1 aromatic rings. The fourth-order valence-electron chi connectivity index (χ4n) is 0.474. The molecule has 0 saturated carbocycles. The Labute approximate surface area is 57.0 Å². The zero-order valence-electron chi connectivity index (χ0n) is 5.11. The Morgan fingerprint density at radius 1 is 1.40 bits per heavy atom. The van der Waals surface area contributed by atoms with E-state index in [9.17, 15) is 4.79 Å². The molecule has 0 saturated heterocycles. The minimum Gasteiger partial charge on any atom is -0.382 e. The third-order valence-corrected chi connectivity index (χ3v) is 0.938. The van der Waals surface area contributed by atoms with E-state index in [4.69, 9.17) is 11.5 Å². The van der Waals surface area contributed by atoms with E-state index in [1.165, 1.54) is 12.1 Å². The van der Waals surface area contributed by atoms with Crippen molar-refractivity contribution in [3.05, 3.63) is 17.8 Å². The zero-order valence-corrected chi connectivity index (χ0v) is 5.11. The van der Waals surface area contributed by atoms with E-state index in [2.05, 4.69) is 10.2 Å². The first-order chi connectivity index (χ1) is 4.70. The zero-order chi connectivity index (χ0) is 7.56. The molecule has 5 heteroatoms. The monoisotopic (exact) mass is 138 g/mol. The molecule has 10 heavy (non-hydrogen) atoms. The number of carbonyl (C=O) groups is 1. The molecule has 0 aliphatic heterocycles. The predicted octanol–water partition coefficient (Wildman–Crippen LogP) is -0.842. The van der Waals surface area contributed by atoms with Gasteiger partial charge in [-0.3, -0.25) is 4.79 Å². The number of nitrogen functional groups attached to an aromatic ring is 1. The Morgan fingerprint density at radius 3 is 2.50 bits per heavy atom. The number of rotatable bonds is 1. The molecule has 0 aliphatic rings. The van der Waals surface area contributed by atoms with Gasteiger partial charge in [0.25, 0.3) is 5.91 Å². The Kier molecular flexibility index (Phi) is 1.49. The van der Waals surface area contributed by atoms with Crippen molar-refractivity contribution in [2.45, 2.75) is 0 Å². The van der Waals surface area contributed by atoms with Gasteiger partial charge in [-0.1, -0.05) is 0 Å². The fraction of sp³-hybridized carbons (Fsp3) is 0. The van der Waals surface area contributed by atoms with Crippen LogP contribution < -0.4 is 11.5 Å².